The van der Waals surface area contributed by atoms with Crippen molar-refractivity contribution in [3.8, 4) is 0 Å². The highest BCUT2D eigenvalue weighted by atomic mass is 16.5. The lowest BCUT2D eigenvalue weighted by Crippen LogP contribution is -2.12. The van der Waals surface area contributed by atoms with Gasteiger partial charge in [-0.15, -0.1) is 0 Å². The lowest BCUT2D eigenvalue weighted by Gasteiger charge is -2.09. The van der Waals surface area contributed by atoms with E-state index >= 15 is 0 Å². The number of unbranched alkanes of at least 4 members (excludes halogenated alkanes) is 3. The second kappa shape index (κ2) is 9.50. The van der Waals surface area contributed by atoms with E-state index in [1.807, 2.05) is 0 Å². The van der Waals surface area contributed by atoms with E-state index in [9.17, 15) is 4.79 Å². The summed E-state index contributed by atoms with van der Waals surface area (Å²) < 4.78 is 5.02. The van der Waals surface area contributed by atoms with Crippen LogP contribution in [-0.2, 0) is 9.53 Å². The van der Waals surface area contributed by atoms with Gasteiger partial charge in [0.2, 0.25) is 0 Å². The molecule has 0 rings (SSSR count). The van der Waals surface area contributed by atoms with Gasteiger partial charge >= 0.3 is 5.97 Å². The Balaban J connectivity index is 3.60. The van der Waals surface area contributed by atoms with Crippen molar-refractivity contribution in [3.63, 3.8) is 0 Å². The topological polar surface area (TPSA) is 26.3 Å². The molecule has 0 saturated carbocycles. The quantitative estimate of drug-likeness (QED) is 0.347. The van der Waals surface area contributed by atoms with Gasteiger partial charge < -0.3 is 4.74 Å². The van der Waals surface area contributed by atoms with Crippen LogP contribution in [-0.4, -0.2) is 12.1 Å². The molecule has 86 valence electrons. The summed E-state index contributed by atoms with van der Waals surface area (Å²) in [7, 11) is 0. The van der Waals surface area contributed by atoms with E-state index in [0.717, 1.165) is 12.8 Å². The maximum absolute atomic E-state index is 10.7. The first-order valence-corrected chi connectivity index (χ1v) is 5.65. The average Bonchev–Trinajstić information content (AvgIpc) is 2.20. The molecular formula is C13H22O2. The molecule has 0 unspecified atom stereocenters. The standard InChI is InChI=1S/C13H22O2/c1-4-6-7-8-9-10-11-13(5-2)15-12(3)14/h5,9-10,13H,2,4,6-8,11H2,1,3H3/b10-9-/t13-/m0/s1. The zero-order valence-corrected chi connectivity index (χ0v) is 9.87. The predicted octanol–water partition coefficient (Wildman–Crippen LogP) is 3.63. The second-order valence-corrected chi connectivity index (χ2v) is 3.59. The molecule has 2 heteroatoms. The minimum absolute atomic E-state index is 0.176. The summed E-state index contributed by atoms with van der Waals surface area (Å²) in [6.45, 7) is 7.24. The van der Waals surface area contributed by atoms with Crippen LogP contribution in [0, 0.1) is 0 Å². The summed E-state index contributed by atoms with van der Waals surface area (Å²) in [5.74, 6) is -0.251. The van der Waals surface area contributed by atoms with E-state index in [2.05, 4.69) is 25.7 Å². The lowest BCUT2D eigenvalue weighted by molar-refractivity contribution is -0.143. The molecule has 0 radical (unpaired) electrons. The summed E-state index contributed by atoms with van der Waals surface area (Å²) in [5, 5.41) is 0. The molecule has 0 heterocycles. The number of allylic oxidation sites excluding steroid dienone is 1. The van der Waals surface area contributed by atoms with Crippen LogP contribution in [0.5, 0.6) is 0 Å². The highest BCUT2D eigenvalue weighted by Gasteiger charge is 2.03. The fourth-order valence-corrected chi connectivity index (χ4v) is 1.27. The minimum Gasteiger partial charge on any atom is -0.458 e. The van der Waals surface area contributed by atoms with Gasteiger partial charge in [0.05, 0.1) is 0 Å². The summed E-state index contributed by atoms with van der Waals surface area (Å²) in [6.07, 6.45) is 11.3. The lowest BCUT2D eigenvalue weighted by atomic mass is 10.1. The number of esters is 1. The third kappa shape index (κ3) is 9.26. The van der Waals surface area contributed by atoms with Crippen LogP contribution in [0.1, 0.15) is 46.0 Å². The van der Waals surface area contributed by atoms with Gasteiger partial charge in [-0.1, -0.05) is 44.6 Å². The third-order valence-corrected chi connectivity index (χ3v) is 2.09. The Morgan fingerprint density at radius 1 is 1.40 bits per heavy atom. The zero-order chi connectivity index (χ0) is 11.5. The molecule has 0 aromatic carbocycles. The van der Waals surface area contributed by atoms with Gasteiger partial charge in [-0.3, -0.25) is 4.79 Å². The molecule has 0 aliphatic rings. The Morgan fingerprint density at radius 3 is 2.67 bits per heavy atom. The van der Waals surface area contributed by atoms with Gasteiger partial charge in [-0.25, -0.2) is 0 Å². The van der Waals surface area contributed by atoms with Crippen LogP contribution in [0.15, 0.2) is 24.8 Å². The number of carbonyl (C=O) groups excluding carboxylic acids is 1. The van der Waals surface area contributed by atoms with Crippen molar-refractivity contribution in [2.75, 3.05) is 0 Å². The van der Waals surface area contributed by atoms with E-state index in [-0.39, 0.29) is 12.1 Å². The first-order valence-electron chi connectivity index (χ1n) is 5.65. The first-order chi connectivity index (χ1) is 7.20. The molecule has 0 spiro atoms. The van der Waals surface area contributed by atoms with E-state index in [1.54, 1.807) is 6.08 Å². The molecule has 0 aromatic rings. The largest absolute Gasteiger partial charge is 0.458 e. The van der Waals surface area contributed by atoms with Crippen LogP contribution in [0.4, 0.5) is 0 Å². The van der Waals surface area contributed by atoms with Crippen molar-refractivity contribution in [2.24, 2.45) is 0 Å². The monoisotopic (exact) mass is 210 g/mol. The van der Waals surface area contributed by atoms with E-state index in [0.29, 0.717) is 0 Å². The van der Waals surface area contributed by atoms with Gasteiger partial charge in [0, 0.05) is 13.3 Å². The molecule has 0 saturated heterocycles. The molecule has 2 nitrogen and oxygen atoms in total. The fraction of sp³-hybridized carbons (Fsp3) is 0.615. The zero-order valence-electron chi connectivity index (χ0n) is 9.87. The van der Waals surface area contributed by atoms with E-state index < -0.39 is 0 Å². The molecule has 1 atom stereocenters. The van der Waals surface area contributed by atoms with Crippen LogP contribution >= 0.6 is 0 Å². The van der Waals surface area contributed by atoms with Gasteiger partial charge in [0.25, 0.3) is 0 Å². The summed E-state index contributed by atoms with van der Waals surface area (Å²) >= 11 is 0. The molecule has 0 fully saturated rings. The smallest absolute Gasteiger partial charge is 0.303 e. The van der Waals surface area contributed by atoms with Gasteiger partial charge in [0.15, 0.2) is 0 Å². The Hall–Kier alpha value is -1.05. The Morgan fingerprint density at radius 2 is 2.13 bits per heavy atom. The summed E-state index contributed by atoms with van der Waals surface area (Å²) in [5.41, 5.74) is 0. The average molecular weight is 210 g/mol. The fourth-order valence-electron chi connectivity index (χ4n) is 1.27. The predicted molar refractivity (Wildman–Crippen MR) is 63.7 cm³/mol. The minimum atomic E-state index is -0.251. The van der Waals surface area contributed by atoms with E-state index in [4.69, 9.17) is 4.74 Å². The molecule has 0 bridgehead atoms. The normalized spacial score (nSPS) is 12.7. The molecule has 0 amide bonds. The SMILES string of the molecule is C=C[C@@H](C/C=C\CCCCC)OC(C)=O. The second-order valence-electron chi connectivity index (χ2n) is 3.59. The molecular weight excluding hydrogens is 188 g/mol. The summed E-state index contributed by atoms with van der Waals surface area (Å²) in [6, 6.07) is 0. The van der Waals surface area contributed by atoms with Gasteiger partial charge in [-0.05, 0) is 12.8 Å². The van der Waals surface area contributed by atoms with E-state index in [1.165, 1.54) is 26.2 Å². The molecule has 0 N–H and O–H groups in total. The van der Waals surface area contributed by atoms with Crippen LogP contribution in [0.25, 0.3) is 0 Å². The Bertz CT molecular complexity index is 207. The first kappa shape index (κ1) is 13.9. The van der Waals surface area contributed by atoms with Crippen LogP contribution in [0.2, 0.25) is 0 Å². The maximum Gasteiger partial charge on any atom is 0.303 e. The van der Waals surface area contributed by atoms with Crippen molar-refractivity contribution in [2.45, 2.75) is 52.1 Å². The third-order valence-electron chi connectivity index (χ3n) is 2.09. The van der Waals surface area contributed by atoms with Crippen molar-refractivity contribution >= 4 is 5.97 Å². The van der Waals surface area contributed by atoms with Crippen LogP contribution < -0.4 is 0 Å². The van der Waals surface area contributed by atoms with Crippen molar-refractivity contribution in [1.29, 1.82) is 0 Å². The number of ether oxygens (including phenoxy) is 1. The van der Waals surface area contributed by atoms with Gasteiger partial charge in [-0.2, -0.15) is 0 Å². The van der Waals surface area contributed by atoms with Crippen molar-refractivity contribution in [1.82, 2.24) is 0 Å². The number of carbonyl (C=O) groups is 1. The number of hydrogen-bond acceptors (Lipinski definition) is 2. The Labute approximate surface area is 93.0 Å². The van der Waals surface area contributed by atoms with Crippen molar-refractivity contribution in [3.05, 3.63) is 24.8 Å². The molecule has 0 aliphatic heterocycles. The van der Waals surface area contributed by atoms with Gasteiger partial charge in [0.1, 0.15) is 6.10 Å². The number of hydrogen-bond donors (Lipinski definition) is 0. The highest BCUT2D eigenvalue weighted by Crippen LogP contribution is 2.04. The van der Waals surface area contributed by atoms with Crippen molar-refractivity contribution < 1.29 is 9.53 Å². The highest BCUT2D eigenvalue weighted by molar-refractivity contribution is 5.66. The molecule has 0 aliphatic carbocycles. The number of rotatable bonds is 8. The maximum atomic E-state index is 10.7. The summed E-state index contributed by atoms with van der Waals surface area (Å²) in [4.78, 5) is 10.7. The molecule has 0 aromatic heterocycles. The molecule has 15 heavy (non-hydrogen) atoms. The van der Waals surface area contributed by atoms with Crippen LogP contribution in [0.3, 0.4) is 0 Å². The Kier molecular flexibility index (Phi) is 8.84.